The fourth-order valence-corrected chi connectivity index (χ4v) is 4.50. The van der Waals surface area contributed by atoms with Gasteiger partial charge in [-0.05, 0) is 103 Å². The summed E-state index contributed by atoms with van der Waals surface area (Å²) in [5, 5.41) is 0. The second-order valence-corrected chi connectivity index (χ2v) is 10.5. The van der Waals surface area contributed by atoms with Crippen molar-refractivity contribution < 1.29 is 12.3 Å². The largest absolute Gasteiger partial charge is 0.256 e. The fraction of sp³-hybridized carbons (Fsp3) is 0.607. The predicted molar refractivity (Wildman–Crippen MR) is 124 cm³/mol. The lowest BCUT2D eigenvalue weighted by Gasteiger charge is -2.37. The minimum absolute atomic E-state index is 0.000216. The number of rotatable bonds is 3. The first-order valence-corrected chi connectivity index (χ1v) is 10.8. The van der Waals surface area contributed by atoms with Gasteiger partial charge in [0.25, 0.3) is 0 Å². The van der Waals surface area contributed by atoms with Crippen molar-refractivity contribution >= 4 is 0 Å². The van der Waals surface area contributed by atoms with E-state index in [2.05, 4.69) is 18.8 Å². The van der Waals surface area contributed by atoms with Crippen LogP contribution in [-0.4, -0.2) is 4.98 Å². The van der Waals surface area contributed by atoms with E-state index >= 15 is 0 Å². The van der Waals surface area contributed by atoms with E-state index in [1.807, 2.05) is 0 Å². The molecule has 1 heteroatoms. The molecule has 2 aliphatic carbocycles. The highest BCUT2D eigenvalue weighted by atomic mass is 14.7. The minimum atomic E-state index is -2.58. The van der Waals surface area contributed by atoms with Crippen LogP contribution in [0.3, 0.4) is 0 Å². The zero-order chi connectivity index (χ0) is 28.7. The predicted octanol–water partition coefficient (Wildman–Crippen LogP) is 7.58. The molecule has 0 bridgehead atoms. The van der Waals surface area contributed by atoms with Gasteiger partial charge in [0.2, 0.25) is 0 Å². The molecule has 1 fully saturated rings. The van der Waals surface area contributed by atoms with E-state index in [9.17, 15) is 2.74 Å². The maximum absolute atomic E-state index is 9.26. The molecule has 0 aliphatic heterocycles. The monoisotopic (exact) mass is 398 g/mol. The van der Waals surface area contributed by atoms with Gasteiger partial charge in [0.15, 0.2) is 0 Å². The Morgan fingerprint density at radius 3 is 2.62 bits per heavy atom. The summed E-state index contributed by atoms with van der Waals surface area (Å²) in [5.74, 6) is -0.964. The van der Waals surface area contributed by atoms with E-state index in [1.165, 1.54) is 12.3 Å². The Kier molecular flexibility index (Phi) is 3.20. The topological polar surface area (TPSA) is 12.9 Å². The standard InChI is InChI=1S/C28H39N/c1-19-18-29-26(16-23(19)17-27(2,3)4)24-9-7-8-21-14-22(15-25(21)24)20-10-12-28(5,6)13-11-20/h7-9,16,18,20,22H,10-15,17H2,1-6H3/i1D3,14D2,15D2,17D2. The normalized spacial score (nSPS) is 30.9. The Balaban J connectivity index is 1.90. The highest BCUT2D eigenvalue weighted by Crippen LogP contribution is 2.46. The number of benzene rings is 1. The molecule has 1 aromatic carbocycles. The van der Waals surface area contributed by atoms with Crippen LogP contribution in [0.5, 0.6) is 0 Å². The van der Waals surface area contributed by atoms with Crippen molar-refractivity contribution in [3.05, 3.63) is 52.7 Å². The van der Waals surface area contributed by atoms with Gasteiger partial charge in [0.1, 0.15) is 0 Å². The summed E-state index contributed by atoms with van der Waals surface area (Å²) in [7, 11) is 0. The second-order valence-electron chi connectivity index (χ2n) is 10.5. The molecule has 1 saturated carbocycles. The zero-order valence-corrected chi connectivity index (χ0v) is 18.3. The highest BCUT2D eigenvalue weighted by Gasteiger charge is 2.35. The van der Waals surface area contributed by atoms with Gasteiger partial charge < -0.3 is 0 Å². The number of hydrogen-bond acceptors (Lipinski definition) is 1. The Labute approximate surface area is 191 Å². The molecule has 156 valence electrons. The lowest BCUT2D eigenvalue weighted by molar-refractivity contribution is 0.151. The van der Waals surface area contributed by atoms with E-state index in [4.69, 9.17) is 9.60 Å². The first-order valence-electron chi connectivity index (χ1n) is 15.3. The molecule has 2 aliphatic rings. The van der Waals surface area contributed by atoms with E-state index in [-0.39, 0.29) is 33.7 Å². The molecule has 4 rings (SSSR count). The quantitative estimate of drug-likeness (QED) is 0.519. The van der Waals surface area contributed by atoms with Gasteiger partial charge in [-0.15, -0.1) is 0 Å². The average Bonchev–Trinajstić information content (AvgIpc) is 2.94. The van der Waals surface area contributed by atoms with Crippen LogP contribution in [0, 0.1) is 29.5 Å². The van der Waals surface area contributed by atoms with Crippen LogP contribution in [0.1, 0.15) is 94.9 Å². The lowest BCUT2D eigenvalue weighted by Crippen LogP contribution is -2.26. The van der Waals surface area contributed by atoms with Gasteiger partial charge in [0, 0.05) is 24.1 Å². The Morgan fingerprint density at radius 2 is 1.93 bits per heavy atom. The Bertz CT molecular complexity index is 1210. The average molecular weight is 399 g/mol. The van der Waals surface area contributed by atoms with E-state index in [0.717, 1.165) is 25.7 Å². The van der Waals surface area contributed by atoms with E-state index in [0.29, 0.717) is 11.1 Å². The number of aryl methyl sites for hydroxylation is 1. The molecule has 1 atom stereocenters. The SMILES string of the molecule is [2H]C([2H])([2H])c1cnc(-c2cccc3c2C([2H])([2H])C(C2CCC(C)(C)CC2)C3([2H])[2H])cc1C([2H])([2H])C(C)(C)C. The van der Waals surface area contributed by atoms with Crippen LogP contribution < -0.4 is 0 Å². The van der Waals surface area contributed by atoms with E-state index in [1.54, 1.807) is 39.0 Å². The molecule has 0 N–H and O–H groups in total. The van der Waals surface area contributed by atoms with Gasteiger partial charge in [0.05, 0.1) is 5.69 Å². The first kappa shape index (κ1) is 12.3. The van der Waals surface area contributed by atoms with Gasteiger partial charge in [-0.25, -0.2) is 0 Å². The molecule has 0 saturated heterocycles. The van der Waals surface area contributed by atoms with Crippen LogP contribution in [0.15, 0.2) is 30.5 Å². The molecular weight excluding hydrogens is 350 g/mol. The van der Waals surface area contributed by atoms with Crippen molar-refractivity contribution in [1.29, 1.82) is 0 Å². The van der Waals surface area contributed by atoms with Crippen molar-refractivity contribution in [3.63, 3.8) is 0 Å². The summed E-state index contributed by atoms with van der Waals surface area (Å²) in [5.41, 5.74) is 0.268. The Morgan fingerprint density at radius 1 is 1.17 bits per heavy atom. The van der Waals surface area contributed by atoms with Gasteiger partial charge in [-0.1, -0.05) is 52.8 Å². The highest BCUT2D eigenvalue weighted by molar-refractivity contribution is 5.67. The van der Waals surface area contributed by atoms with Gasteiger partial charge in [-0.2, -0.15) is 0 Å². The summed E-state index contributed by atoms with van der Waals surface area (Å²) in [4.78, 5) is 4.40. The van der Waals surface area contributed by atoms with Crippen molar-refractivity contribution in [3.8, 4) is 11.3 Å². The van der Waals surface area contributed by atoms with Crippen LogP contribution >= 0.6 is 0 Å². The molecule has 29 heavy (non-hydrogen) atoms. The van der Waals surface area contributed by atoms with Crippen LogP contribution in [-0.2, 0) is 19.1 Å². The number of nitrogens with zero attached hydrogens (tertiary/aromatic N) is 1. The third kappa shape index (κ3) is 4.60. The van der Waals surface area contributed by atoms with Crippen LogP contribution in [0.25, 0.3) is 11.3 Å². The number of aromatic nitrogens is 1. The smallest absolute Gasteiger partial charge is 0.0707 e. The van der Waals surface area contributed by atoms with Crippen molar-refractivity contribution in [2.24, 2.45) is 22.7 Å². The van der Waals surface area contributed by atoms with Crippen molar-refractivity contribution in [1.82, 2.24) is 4.98 Å². The summed E-state index contributed by atoms with van der Waals surface area (Å²) in [6.07, 6.45) is -1.32. The minimum Gasteiger partial charge on any atom is -0.256 e. The fourth-order valence-electron chi connectivity index (χ4n) is 4.50. The number of fused-ring (bicyclic) bond motifs is 1. The Hall–Kier alpha value is -1.63. The maximum atomic E-state index is 9.26. The molecular formula is C28H39N. The third-order valence-corrected chi connectivity index (χ3v) is 6.22. The molecule has 1 heterocycles. The number of hydrogen-bond donors (Lipinski definition) is 0. The third-order valence-electron chi connectivity index (χ3n) is 6.22. The van der Waals surface area contributed by atoms with Gasteiger partial charge >= 0.3 is 0 Å². The number of pyridine rings is 1. The molecule has 1 aromatic heterocycles. The first-order chi connectivity index (χ1) is 17.1. The van der Waals surface area contributed by atoms with Crippen LogP contribution in [0.4, 0.5) is 0 Å². The van der Waals surface area contributed by atoms with Crippen molar-refractivity contribution in [2.75, 3.05) is 0 Å². The molecule has 2 aromatic rings. The lowest BCUT2D eigenvalue weighted by atomic mass is 9.69. The molecule has 1 unspecified atom stereocenters. The molecule has 0 spiro atoms. The molecule has 0 radical (unpaired) electrons. The summed E-state index contributed by atoms with van der Waals surface area (Å²) >= 11 is 0. The zero-order valence-electron chi connectivity index (χ0n) is 27.3. The summed E-state index contributed by atoms with van der Waals surface area (Å²) in [6, 6.07) is 6.46. The second kappa shape index (κ2) is 7.56. The van der Waals surface area contributed by atoms with Gasteiger partial charge in [-0.3, -0.25) is 4.98 Å². The van der Waals surface area contributed by atoms with Crippen molar-refractivity contribution in [2.45, 2.75) is 86.3 Å². The summed E-state index contributed by atoms with van der Waals surface area (Å²) < 4.78 is 78.4. The maximum Gasteiger partial charge on any atom is 0.0707 e. The molecule has 1 nitrogen and oxygen atoms in total. The van der Waals surface area contributed by atoms with E-state index < -0.39 is 37.3 Å². The summed E-state index contributed by atoms with van der Waals surface area (Å²) in [6.45, 7) is 6.95. The van der Waals surface area contributed by atoms with Crippen LogP contribution in [0.2, 0.25) is 0 Å². The molecule has 0 amide bonds.